The van der Waals surface area contributed by atoms with E-state index in [1.807, 2.05) is 20.2 Å². The quantitative estimate of drug-likeness (QED) is 0.605. The summed E-state index contributed by atoms with van der Waals surface area (Å²) in [4.78, 5) is 2.09. The van der Waals surface area contributed by atoms with Crippen molar-refractivity contribution >= 4 is 11.6 Å². The van der Waals surface area contributed by atoms with Gasteiger partial charge in [-0.3, -0.25) is 11.3 Å². The van der Waals surface area contributed by atoms with Gasteiger partial charge in [-0.15, -0.1) is 0 Å². The summed E-state index contributed by atoms with van der Waals surface area (Å²) in [5.41, 5.74) is 3.65. The van der Waals surface area contributed by atoms with E-state index in [9.17, 15) is 4.39 Å². The highest BCUT2D eigenvalue weighted by atomic mass is 35.5. The topological polar surface area (TPSA) is 41.3 Å². The maximum atomic E-state index is 13.3. The minimum atomic E-state index is -0.382. The van der Waals surface area contributed by atoms with E-state index in [2.05, 4.69) is 10.3 Å². The molecule has 0 heterocycles. The molecule has 0 spiro atoms. The fraction of sp³-hybridized carbons (Fsp3) is 0.500. The third-order valence-corrected chi connectivity index (χ3v) is 2.93. The molecule has 0 aliphatic carbocycles. The molecule has 1 aromatic rings. The van der Waals surface area contributed by atoms with Crippen LogP contribution in [-0.4, -0.2) is 31.6 Å². The molecule has 3 nitrogen and oxygen atoms in total. The Morgan fingerprint density at radius 3 is 2.71 bits per heavy atom. The first kappa shape index (κ1) is 14.4. The van der Waals surface area contributed by atoms with Crippen molar-refractivity contribution in [3.05, 3.63) is 34.6 Å². The number of hydrazine groups is 1. The summed E-state index contributed by atoms with van der Waals surface area (Å²) < 4.78 is 13.3. The molecular weight excluding hydrogens is 241 g/mol. The third-order valence-electron chi connectivity index (χ3n) is 2.63. The van der Waals surface area contributed by atoms with Gasteiger partial charge in [0.2, 0.25) is 0 Å². The van der Waals surface area contributed by atoms with Crippen molar-refractivity contribution in [3.8, 4) is 0 Å². The summed E-state index contributed by atoms with van der Waals surface area (Å²) in [6, 6.07) is 5.00. The summed E-state index contributed by atoms with van der Waals surface area (Å²) >= 11 is 5.63. The lowest BCUT2D eigenvalue weighted by Gasteiger charge is -2.18. The molecule has 1 unspecified atom stereocenters. The van der Waals surface area contributed by atoms with Crippen LogP contribution in [0.2, 0.25) is 5.02 Å². The van der Waals surface area contributed by atoms with Crippen molar-refractivity contribution in [2.24, 2.45) is 5.84 Å². The third kappa shape index (κ3) is 5.00. The van der Waals surface area contributed by atoms with Gasteiger partial charge < -0.3 is 4.90 Å². The zero-order valence-electron chi connectivity index (χ0n) is 10.2. The van der Waals surface area contributed by atoms with Crippen LogP contribution in [0.1, 0.15) is 12.0 Å². The molecule has 1 rings (SSSR count). The minimum Gasteiger partial charge on any atom is -0.309 e. The Bertz CT molecular complexity index is 358. The van der Waals surface area contributed by atoms with E-state index in [1.165, 1.54) is 6.07 Å². The van der Waals surface area contributed by atoms with Gasteiger partial charge in [-0.2, -0.15) is 0 Å². The number of hydrogen-bond donors (Lipinski definition) is 2. The Kier molecular flexibility index (Phi) is 5.85. The van der Waals surface area contributed by atoms with Crippen LogP contribution < -0.4 is 11.3 Å². The van der Waals surface area contributed by atoms with Crippen LogP contribution in [0.15, 0.2) is 18.2 Å². The van der Waals surface area contributed by atoms with Gasteiger partial charge in [0, 0.05) is 6.04 Å². The van der Waals surface area contributed by atoms with E-state index in [0.29, 0.717) is 6.42 Å². The second-order valence-electron chi connectivity index (χ2n) is 4.41. The van der Waals surface area contributed by atoms with E-state index in [1.54, 1.807) is 6.07 Å². The average molecular weight is 260 g/mol. The van der Waals surface area contributed by atoms with Crippen LogP contribution in [0.25, 0.3) is 0 Å². The highest BCUT2D eigenvalue weighted by molar-refractivity contribution is 6.30. The van der Waals surface area contributed by atoms with Gasteiger partial charge >= 0.3 is 0 Å². The maximum absolute atomic E-state index is 13.3. The number of benzene rings is 1. The first-order chi connectivity index (χ1) is 8.02. The van der Waals surface area contributed by atoms with Gasteiger partial charge in [-0.1, -0.05) is 17.7 Å². The molecule has 0 saturated heterocycles. The molecule has 0 aliphatic rings. The Hall–Kier alpha value is -0.680. The lowest BCUT2D eigenvalue weighted by atomic mass is 10.0. The van der Waals surface area contributed by atoms with Crippen molar-refractivity contribution in [3.63, 3.8) is 0 Å². The van der Waals surface area contributed by atoms with E-state index < -0.39 is 0 Å². The van der Waals surface area contributed by atoms with E-state index in [0.717, 1.165) is 18.5 Å². The molecule has 3 N–H and O–H groups in total. The second-order valence-corrected chi connectivity index (χ2v) is 4.82. The van der Waals surface area contributed by atoms with Gasteiger partial charge in [0.25, 0.3) is 0 Å². The Morgan fingerprint density at radius 2 is 2.18 bits per heavy atom. The maximum Gasteiger partial charge on any atom is 0.142 e. The predicted molar refractivity (Wildman–Crippen MR) is 69.4 cm³/mol. The standard InChI is InChI=1S/C12H19ClFN3/c1-17(2)6-5-10(16-15)7-9-3-4-11(13)12(14)8-9/h3-4,8,10,16H,5-7,15H2,1-2H3. The molecule has 0 fully saturated rings. The van der Waals surface area contributed by atoms with Gasteiger partial charge in [0.15, 0.2) is 0 Å². The molecule has 17 heavy (non-hydrogen) atoms. The Labute approximate surface area is 107 Å². The van der Waals surface area contributed by atoms with Gasteiger partial charge in [-0.25, -0.2) is 4.39 Å². The molecule has 0 amide bonds. The molecule has 0 aromatic heterocycles. The van der Waals surface area contributed by atoms with Crippen molar-refractivity contribution in [2.45, 2.75) is 18.9 Å². The van der Waals surface area contributed by atoms with Crippen LogP contribution in [0.3, 0.4) is 0 Å². The Morgan fingerprint density at radius 1 is 1.47 bits per heavy atom. The second kappa shape index (κ2) is 6.91. The van der Waals surface area contributed by atoms with Crippen LogP contribution >= 0.6 is 11.6 Å². The monoisotopic (exact) mass is 259 g/mol. The number of nitrogens with one attached hydrogen (secondary N) is 1. The van der Waals surface area contributed by atoms with Gasteiger partial charge in [0.05, 0.1) is 5.02 Å². The smallest absolute Gasteiger partial charge is 0.142 e. The van der Waals surface area contributed by atoms with Crippen molar-refractivity contribution < 1.29 is 4.39 Å². The number of nitrogens with two attached hydrogens (primary N) is 1. The predicted octanol–water partition coefficient (Wildman–Crippen LogP) is 1.81. The van der Waals surface area contributed by atoms with Crippen LogP contribution in [0.4, 0.5) is 4.39 Å². The van der Waals surface area contributed by atoms with Crippen LogP contribution in [0, 0.1) is 5.82 Å². The molecule has 0 aliphatic heterocycles. The largest absolute Gasteiger partial charge is 0.309 e. The first-order valence-electron chi connectivity index (χ1n) is 5.57. The summed E-state index contributed by atoms with van der Waals surface area (Å²) in [6.07, 6.45) is 1.60. The van der Waals surface area contributed by atoms with Crippen molar-refractivity contribution in [1.82, 2.24) is 10.3 Å². The van der Waals surface area contributed by atoms with E-state index in [4.69, 9.17) is 17.4 Å². The van der Waals surface area contributed by atoms with Crippen LogP contribution in [0.5, 0.6) is 0 Å². The molecule has 5 heteroatoms. The summed E-state index contributed by atoms with van der Waals surface area (Å²) in [7, 11) is 4.02. The highest BCUT2D eigenvalue weighted by Crippen LogP contribution is 2.17. The fourth-order valence-corrected chi connectivity index (χ4v) is 1.73. The zero-order chi connectivity index (χ0) is 12.8. The Balaban J connectivity index is 2.57. The van der Waals surface area contributed by atoms with Gasteiger partial charge in [-0.05, 0) is 51.2 Å². The number of hydrogen-bond acceptors (Lipinski definition) is 3. The lowest BCUT2D eigenvalue weighted by molar-refractivity contribution is 0.358. The highest BCUT2D eigenvalue weighted by Gasteiger charge is 2.09. The first-order valence-corrected chi connectivity index (χ1v) is 5.95. The van der Waals surface area contributed by atoms with E-state index in [-0.39, 0.29) is 16.9 Å². The summed E-state index contributed by atoms with van der Waals surface area (Å²) in [5.74, 6) is 5.10. The molecule has 96 valence electrons. The fourth-order valence-electron chi connectivity index (χ4n) is 1.61. The van der Waals surface area contributed by atoms with Crippen molar-refractivity contribution in [1.29, 1.82) is 0 Å². The molecule has 0 saturated carbocycles. The molecular formula is C12H19ClFN3. The zero-order valence-corrected chi connectivity index (χ0v) is 11.0. The molecule has 0 bridgehead atoms. The van der Waals surface area contributed by atoms with Crippen molar-refractivity contribution in [2.75, 3.05) is 20.6 Å². The summed E-state index contributed by atoms with van der Waals surface area (Å²) in [6.45, 7) is 0.935. The number of halogens is 2. The normalized spacial score (nSPS) is 13.1. The van der Waals surface area contributed by atoms with E-state index >= 15 is 0 Å². The lowest BCUT2D eigenvalue weighted by Crippen LogP contribution is -2.38. The van der Waals surface area contributed by atoms with Gasteiger partial charge in [0.1, 0.15) is 5.82 Å². The minimum absolute atomic E-state index is 0.137. The molecule has 1 aromatic carbocycles. The summed E-state index contributed by atoms with van der Waals surface area (Å²) in [5, 5.41) is 0.152. The molecule has 1 atom stereocenters. The number of rotatable bonds is 6. The average Bonchev–Trinajstić information content (AvgIpc) is 2.28. The molecule has 0 radical (unpaired) electrons. The SMILES string of the molecule is CN(C)CCC(Cc1ccc(Cl)c(F)c1)NN. The van der Waals surface area contributed by atoms with Crippen LogP contribution in [-0.2, 0) is 6.42 Å². The number of nitrogens with zero attached hydrogens (tertiary/aromatic N) is 1.